The van der Waals surface area contributed by atoms with E-state index in [2.05, 4.69) is 5.43 Å². The molecule has 0 bridgehead atoms. The smallest absolute Gasteiger partial charge is 0.318 e. The molecule has 1 aliphatic heterocycles. The number of hydrogen-bond acceptors (Lipinski definition) is 4. The maximum atomic E-state index is 11.5. The van der Waals surface area contributed by atoms with Crippen LogP contribution in [0.5, 0.6) is 0 Å². The number of rotatable bonds is 6. The molecule has 0 unspecified atom stereocenters. The predicted molar refractivity (Wildman–Crippen MR) is 60.5 cm³/mol. The van der Waals surface area contributed by atoms with Crippen LogP contribution in [0.25, 0.3) is 0 Å². The maximum absolute atomic E-state index is 11.5. The first-order valence-electron chi connectivity index (χ1n) is 5.61. The van der Waals surface area contributed by atoms with Gasteiger partial charge in [-0.25, -0.2) is 10.6 Å². The van der Waals surface area contributed by atoms with Crippen molar-refractivity contribution in [3.05, 3.63) is 0 Å². The summed E-state index contributed by atoms with van der Waals surface area (Å²) in [6, 6.07) is -0.241. The lowest BCUT2D eigenvalue weighted by Crippen LogP contribution is -2.32. The van der Waals surface area contributed by atoms with Crippen LogP contribution in [0.4, 0.5) is 4.79 Å². The number of carbonyl (C=O) groups is 3. The standard InChI is InChI=1S/C10H18N4O3/c1-13-7-9(16)14(10(13)17)6-4-2-3-5-8(15)12-11/h2-7,11H2,1H3,(H,12,15). The van der Waals surface area contributed by atoms with E-state index in [-0.39, 0.29) is 24.4 Å². The summed E-state index contributed by atoms with van der Waals surface area (Å²) in [5.41, 5.74) is 2.05. The molecule has 0 aromatic heterocycles. The van der Waals surface area contributed by atoms with Gasteiger partial charge in [0.05, 0.1) is 0 Å². The van der Waals surface area contributed by atoms with E-state index in [1.54, 1.807) is 7.05 Å². The van der Waals surface area contributed by atoms with Gasteiger partial charge < -0.3 is 4.90 Å². The summed E-state index contributed by atoms with van der Waals surface area (Å²) >= 11 is 0. The second kappa shape index (κ2) is 6.19. The van der Waals surface area contributed by atoms with E-state index >= 15 is 0 Å². The summed E-state index contributed by atoms with van der Waals surface area (Å²) in [5.74, 6) is 4.58. The van der Waals surface area contributed by atoms with Crippen molar-refractivity contribution in [2.75, 3.05) is 20.1 Å². The highest BCUT2D eigenvalue weighted by Gasteiger charge is 2.32. The highest BCUT2D eigenvalue weighted by molar-refractivity contribution is 6.01. The molecule has 1 aliphatic rings. The third-order valence-electron chi connectivity index (χ3n) is 2.68. The van der Waals surface area contributed by atoms with E-state index in [1.807, 2.05) is 0 Å². The van der Waals surface area contributed by atoms with Gasteiger partial charge in [0, 0.05) is 20.0 Å². The zero-order chi connectivity index (χ0) is 12.8. The van der Waals surface area contributed by atoms with E-state index in [0.29, 0.717) is 25.8 Å². The lowest BCUT2D eigenvalue weighted by atomic mass is 10.2. The number of hydrogen-bond donors (Lipinski definition) is 2. The molecule has 0 saturated carbocycles. The van der Waals surface area contributed by atoms with Crippen molar-refractivity contribution in [3.8, 4) is 0 Å². The van der Waals surface area contributed by atoms with Crippen molar-refractivity contribution in [2.24, 2.45) is 5.84 Å². The van der Waals surface area contributed by atoms with Crippen LogP contribution >= 0.6 is 0 Å². The van der Waals surface area contributed by atoms with Crippen molar-refractivity contribution in [3.63, 3.8) is 0 Å². The predicted octanol–water partition coefficient (Wildman–Crippen LogP) is -0.569. The summed E-state index contributed by atoms with van der Waals surface area (Å²) in [5, 5.41) is 0. The van der Waals surface area contributed by atoms with Gasteiger partial charge in [-0.05, 0) is 12.8 Å². The summed E-state index contributed by atoms with van der Waals surface area (Å²) in [6.45, 7) is 0.584. The van der Waals surface area contributed by atoms with E-state index in [0.717, 1.165) is 6.42 Å². The number of nitrogens with one attached hydrogen (secondary N) is 1. The molecule has 7 heteroatoms. The van der Waals surface area contributed by atoms with Gasteiger partial charge in [0.1, 0.15) is 6.54 Å². The summed E-state index contributed by atoms with van der Waals surface area (Å²) in [6.07, 6.45) is 2.57. The van der Waals surface area contributed by atoms with Crippen molar-refractivity contribution >= 4 is 17.8 Å². The molecule has 1 fully saturated rings. The van der Waals surface area contributed by atoms with Crippen LogP contribution < -0.4 is 11.3 Å². The molecule has 0 aromatic rings. The molecular formula is C10H18N4O3. The number of urea groups is 1. The molecule has 0 aliphatic carbocycles. The first kappa shape index (κ1) is 13.4. The van der Waals surface area contributed by atoms with Crippen LogP contribution in [-0.2, 0) is 9.59 Å². The quantitative estimate of drug-likeness (QED) is 0.214. The van der Waals surface area contributed by atoms with Gasteiger partial charge in [0.25, 0.3) is 0 Å². The maximum Gasteiger partial charge on any atom is 0.326 e. The molecule has 3 N–H and O–H groups in total. The molecule has 7 nitrogen and oxygen atoms in total. The minimum atomic E-state index is -0.241. The van der Waals surface area contributed by atoms with Crippen LogP contribution in [0.3, 0.4) is 0 Å². The van der Waals surface area contributed by atoms with E-state index in [9.17, 15) is 14.4 Å². The van der Waals surface area contributed by atoms with Crippen molar-refractivity contribution in [2.45, 2.75) is 25.7 Å². The van der Waals surface area contributed by atoms with Crippen LogP contribution in [0.1, 0.15) is 25.7 Å². The molecule has 1 heterocycles. The topological polar surface area (TPSA) is 95.7 Å². The largest absolute Gasteiger partial charge is 0.326 e. The zero-order valence-electron chi connectivity index (χ0n) is 9.94. The summed E-state index contributed by atoms with van der Waals surface area (Å²) < 4.78 is 0. The summed E-state index contributed by atoms with van der Waals surface area (Å²) in [7, 11) is 1.60. The number of likely N-dealkylation sites (N-methyl/N-ethyl adjacent to an activating group) is 1. The second-order valence-corrected chi connectivity index (χ2v) is 4.06. The number of nitrogens with two attached hydrogens (primary N) is 1. The molecular weight excluding hydrogens is 224 g/mol. The molecule has 0 radical (unpaired) electrons. The fourth-order valence-corrected chi connectivity index (χ4v) is 1.69. The average Bonchev–Trinajstić information content (AvgIpc) is 2.54. The first-order valence-corrected chi connectivity index (χ1v) is 5.61. The molecule has 0 aromatic carbocycles. The van der Waals surface area contributed by atoms with Crippen LogP contribution in [0.2, 0.25) is 0 Å². The second-order valence-electron chi connectivity index (χ2n) is 4.06. The molecule has 0 spiro atoms. The SMILES string of the molecule is CN1CC(=O)N(CCCCCC(=O)NN)C1=O. The lowest BCUT2D eigenvalue weighted by Gasteiger charge is -2.13. The van der Waals surface area contributed by atoms with E-state index in [4.69, 9.17) is 5.84 Å². The Hall–Kier alpha value is -1.63. The minimum absolute atomic E-state index is 0.155. The highest BCUT2D eigenvalue weighted by Crippen LogP contribution is 2.10. The van der Waals surface area contributed by atoms with E-state index < -0.39 is 0 Å². The van der Waals surface area contributed by atoms with Crippen LogP contribution in [-0.4, -0.2) is 47.8 Å². The Morgan fingerprint density at radius 2 is 2.06 bits per heavy atom. The van der Waals surface area contributed by atoms with Gasteiger partial charge in [-0.2, -0.15) is 0 Å². The molecule has 1 rings (SSSR count). The fraction of sp³-hybridized carbons (Fsp3) is 0.700. The van der Waals surface area contributed by atoms with E-state index in [1.165, 1.54) is 9.80 Å². The Morgan fingerprint density at radius 3 is 2.59 bits per heavy atom. The van der Waals surface area contributed by atoms with Crippen molar-refractivity contribution in [1.29, 1.82) is 0 Å². The van der Waals surface area contributed by atoms with Gasteiger partial charge in [0.2, 0.25) is 11.8 Å². The Balaban J connectivity index is 2.17. The number of amides is 4. The van der Waals surface area contributed by atoms with Crippen LogP contribution in [0, 0.1) is 0 Å². The zero-order valence-corrected chi connectivity index (χ0v) is 9.94. The van der Waals surface area contributed by atoms with Crippen molar-refractivity contribution in [1.82, 2.24) is 15.2 Å². The third-order valence-corrected chi connectivity index (χ3v) is 2.68. The first-order chi connectivity index (χ1) is 8.06. The lowest BCUT2D eigenvalue weighted by molar-refractivity contribution is -0.125. The summed E-state index contributed by atoms with van der Waals surface area (Å²) in [4.78, 5) is 36.3. The average molecular weight is 242 g/mol. The molecule has 0 atom stereocenters. The molecule has 96 valence electrons. The number of hydrazine groups is 1. The Labute approximate surface area is 99.9 Å². The van der Waals surface area contributed by atoms with Crippen LogP contribution in [0.15, 0.2) is 0 Å². The Bertz CT molecular complexity index is 319. The monoisotopic (exact) mass is 242 g/mol. The van der Waals surface area contributed by atoms with Gasteiger partial charge in [-0.1, -0.05) is 6.42 Å². The number of unbranched alkanes of at least 4 members (excludes halogenated alkanes) is 2. The molecule has 1 saturated heterocycles. The van der Waals surface area contributed by atoms with Crippen molar-refractivity contribution < 1.29 is 14.4 Å². The van der Waals surface area contributed by atoms with Gasteiger partial charge in [-0.3, -0.25) is 19.9 Å². The minimum Gasteiger partial charge on any atom is -0.318 e. The Morgan fingerprint density at radius 1 is 1.35 bits per heavy atom. The third kappa shape index (κ3) is 3.70. The number of imide groups is 1. The number of nitrogens with zero attached hydrogens (tertiary/aromatic N) is 2. The Kier molecular flexibility index (Phi) is 4.89. The molecule has 17 heavy (non-hydrogen) atoms. The van der Waals surface area contributed by atoms with Gasteiger partial charge >= 0.3 is 6.03 Å². The van der Waals surface area contributed by atoms with Gasteiger partial charge in [-0.15, -0.1) is 0 Å². The normalized spacial score (nSPS) is 15.6. The highest BCUT2D eigenvalue weighted by atomic mass is 16.2. The van der Waals surface area contributed by atoms with Gasteiger partial charge in [0.15, 0.2) is 0 Å². The number of carbonyl (C=O) groups excluding carboxylic acids is 3. The fourth-order valence-electron chi connectivity index (χ4n) is 1.69. The molecule has 4 amide bonds.